The number of ether oxygens (including phenoxy) is 1. The lowest BCUT2D eigenvalue weighted by molar-refractivity contribution is -0.124. The number of nitrogens with zero attached hydrogens (tertiary/aromatic N) is 1. The van der Waals surface area contributed by atoms with Gasteiger partial charge in [0.2, 0.25) is 5.91 Å². The van der Waals surface area contributed by atoms with Gasteiger partial charge in [0.15, 0.2) is 5.54 Å². The van der Waals surface area contributed by atoms with Gasteiger partial charge in [-0.25, -0.2) is 0 Å². The van der Waals surface area contributed by atoms with Gasteiger partial charge in [-0.2, -0.15) is 5.26 Å². The molecule has 2 aromatic carbocycles. The third-order valence-electron chi connectivity index (χ3n) is 3.91. The van der Waals surface area contributed by atoms with Crippen LogP contribution in [0.3, 0.4) is 0 Å². The van der Waals surface area contributed by atoms with E-state index in [2.05, 4.69) is 17.3 Å². The number of terminal acetylenes is 1. The first-order chi connectivity index (χ1) is 12.9. The number of benzene rings is 2. The van der Waals surface area contributed by atoms with Gasteiger partial charge in [-0.1, -0.05) is 41.4 Å². The lowest BCUT2D eigenvalue weighted by Crippen LogP contribution is -2.50. The number of rotatable bonds is 7. The van der Waals surface area contributed by atoms with Gasteiger partial charge in [-0.05, 0) is 42.8 Å². The van der Waals surface area contributed by atoms with E-state index in [9.17, 15) is 10.1 Å². The number of hydrogen-bond donors (Lipinski definition) is 1. The second kappa shape index (κ2) is 9.33. The first-order valence-electron chi connectivity index (χ1n) is 8.18. The molecular weight excluding hydrogens is 383 g/mol. The Morgan fingerprint density at radius 1 is 1.26 bits per heavy atom. The Morgan fingerprint density at radius 2 is 1.93 bits per heavy atom. The smallest absolute Gasteiger partial charge is 0.229 e. The fourth-order valence-electron chi connectivity index (χ4n) is 2.43. The van der Waals surface area contributed by atoms with Gasteiger partial charge in [0.05, 0.1) is 12.0 Å². The summed E-state index contributed by atoms with van der Waals surface area (Å²) in [5, 5.41) is 13.3. The van der Waals surface area contributed by atoms with Crippen LogP contribution in [-0.2, 0) is 4.79 Å². The average molecular weight is 401 g/mol. The molecule has 4 nitrogen and oxygen atoms in total. The van der Waals surface area contributed by atoms with Crippen molar-refractivity contribution in [2.75, 3.05) is 6.61 Å². The monoisotopic (exact) mass is 400 g/mol. The summed E-state index contributed by atoms with van der Waals surface area (Å²) < 4.78 is 5.62. The van der Waals surface area contributed by atoms with Crippen LogP contribution < -0.4 is 10.1 Å². The molecule has 2 unspecified atom stereocenters. The molecule has 0 aliphatic carbocycles. The number of nitrogens with one attached hydrogen (secondary N) is 1. The zero-order chi connectivity index (χ0) is 19.9. The minimum atomic E-state index is -1.25. The maximum Gasteiger partial charge on any atom is 0.229 e. The van der Waals surface area contributed by atoms with E-state index in [4.69, 9.17) is 34.4 Å². The van der Waals surface area contributed by atoms with Crippen molar-refractivity contribution < 1.29 is 9.53 Å². The predicted octanol–water partition coefficient (Wildman–Crippen LogP) is 4.58. The van der Waals surface area contributed by atoms with Gasteiger partial charge in [0.25, 0.3) is 0 Å². The quantitative estimate of drug-likeness (QED) is 0.691. The molecule has 0 aliphatic rings. The summed E-state index contributed by atoms with van der Waals surface area (Å²) in [4.78, 5) is 12.8. The molecule has 2 atom stereocenters. The van der Waals surface area contributed by atoms with E-state index in [0.29, 0.717) is 21.4 Å². The van der Waals surface area contributed by atoms with E-state index >= 15 is 0 Å². The van der Waals surface area contributed by atoms with E-state index in [-0.39, 0.29) is 18.9 Å². The number of carbonyl (C=O) groups is 1. The molecule has 0 heterocycles. The summed E-state index contributed by atoms with van der Waals surface area (Å²) in [5.41, 5.74) is -0.626. The third kappa shape index (κ3) is 5.66. The van der Waals surface area contributed by atoms with Crippen LogP contribution >= 0.6 is 23.2 Å². The molecule has 0 fully saturated rings. The van der Waals surface area contributed by atoms with Crippen LogP contribution in [0.4, 0.5) is 0 Å². The summed E-state index contributed by atoms with van der Waals surface area (Å²) in [6.07, 6.45) is 5.59. The molecule has 27 heavy (non-hydrogen) atoms. The molecule has 2 aromatic rings. The largest absolute Gasteiger partial charge is 0.490 e. The second-order valence-electron chi connectivity index (χ2n) is 6.16. The van der Waals surface area contributed by atoms with Gasteiger partial charge in [0.1, 0.15) is 12.4 Å². The van der Waals surface area contributed by atoms with E-state index in [0.717, 1.165) is 0 Å². The summed E-state index contributed by atoms with van der Waals surface area (Å²) in [7, 11) is 0. The molecule has 138 valence electrons. The molecular formula is C21H18Cl2N2O2. The van der Waals surface area contributed by atoms with Crippen molar-refractivity contribution in [1.82, 2.24) is 5.32 Å². The molecule has 0 radical (unpaired) electrons. The van der Waals surface area contributed by atoms with Crippen LogP contribution in [0.2, 0.25) is 10.0 Å². The van der Waals surface area contributed by atoms with Gasteiger partial charge >= 0.3 is 0 Å². The van der Waals surface area contributed by atoms with Crippen molar-refractivity contribution in [2.24, 2.45) is 0 Å². The maximum atomic E-state index is 12.8. The lowest BCUT2D eigenvalue weighted by atomic mass is 9.93. The van der Waals surface area contributed by atoms with Gasteiger partial charge < -0.3 is 10.1 Å². The van der Waals surface area contributed by atoms with Crippen LogP contribution in [-0.4, -0.2) is 18.1 Å². The van der Waals surface area contributed by atoms with Crippen LogP contribution in [0, 0.1) is 23.7 Å². The van der Waals surface area contributed by atoms with Gasteiger partial charge in [-0.3, -0.25) is 4.79 Å². The molecule has 1 amide bonds. The number of amides is 1. The number of nitriles is 1. The van der Waals surface area contributed by atoms with E-state index in [1.54, 1.807) is 55.5 Å². The predicted molar refractivity (Wildman–Crippen MR) is 107 cm³/mol. The highest BCUT2D eigenvalue weighted by molar-refractivity contribution is 6.31. The maximum absolute atomic E-state index is 12.8. The minimum absolute atomic E-state index is 0.0395. The van der Waals surface area contributed by atoms with E-state index in [1.807, 2.05) is 0 Å². The van der Waals surface area contributed by atoms with Crippen molar-refractivity contribution in [3.63, 3.8) is 0 Å². The fraction of sp³-hybridized carbons (Fsp3) is 0.238. The SMILES string of the molecule is C#CCC(C(=O)NC(C)(C#N)COc1ccc(Cl)cc1)c1ccccc1Cl. The molecule has 0 bridgehead atoms. The summed E-state index contributed by atoms with van der Waals surface area (Å²) >= 11 is 12.1. The molecule has 1 N–H and O–H groups in total. The number of hydrogen-bond acceptors (Lipinski definition) is 3. The van der Waals surface area contributed by atoms with Crippen LogP contribution in [0.5, 0.6) is 5.75 Å². The van der Waals surface area contributed by atoms with E-state index < -0.39 is 11.5 Å². The summed E-state index contributed by atoms with van der Waals surface area (Å²) in [6.45, 7) is 1.54. The molecule has 0 saturated heterocycles. The summed E-state index contributed by atoms with van der Waals surface area (Å²) in [5.74, 6) is 1.99. The molecule has 0 spiro atoms. The highest BCUT2D eigenvalue weighted by Crippen LogP contribution is 2.27. The lowest BCUT2D eigenvalue weighted by Gasteiger charge is -2.26. The Balaban J connectivity index is 2.13. The zero-order valence-corrected chi connectivity index (χ0v) is 16.2. The molecule has 0 aromatic heterocycles. The number of carbonyl (C=O) groups excluding carboxylic acids is 1. The Labute approximate surface area is 169 Å². The topological polar surface area (TPSA) is 62.1 Å². The van der Waals surface area contributed by atoms with Crippen LogP contribution in [0.25, 0.3) is 0 Å². The zero-order valence-electron chi connectivity index (χ0n) is 14.7. The Hall–Kier alpha value is -2.66. The Kier molecular flexibility index (Phi) is 7.13. The van der Waals surface area contributed by atoms with Gasteiger partial charge in [0, 0.05) is 16.5 Å². The molecule has 0 aliphatic heterocycles. The van der Waals surface area contributed by atoms with Crippen molar-refractivity contribution in [3.05, 3.63) is 64.1 Å². The van der Waals surface area contributed by atoms with Crippen molar-refractivity contribution >= 4 is 29.1 Å². The Morgan fingerprint density at radius 3 is 2.52 bits per heavy atom. The van der Waals surface area contributed by atoms with Crippen molar-refractivity contribution in [2.45, 2.75) is 24.8 Å². The fourth-order valence-corrected chi connectivity index (χ4v) is 2.83. The highest BCUT2D eigenvalue weighted by Gasteiger charge is 2.32. The third-order valence-corrected chi connectivity index (χ3v) is 4.50. The molecule has 2 rings (SSSR count). The second-order valence-corrected chi connectivity index (χ2v) is 7.00. The Bertz CT molecular complexity index is 884. The van der Waals surface area contributed by atoms with Crippen LogP contribution in [0.15, 0.2) is 48.5 Å². The molecule has 0 saturated carbocycles. The molecule has 6 heteroatoms. The highest BCUT2D eigenvalue weighted by atomic mass is 35.5. The van der Waals surface area contributed by atoms with Gasteiger partial charge in [-0.15, -0.1) is 12.3 Å². The standard InChI is InChI=1S/C21H18Cl2N2O2/c1-3-6-18(17-7-4-5-8-19(17)23)20(26)25-21(2,13-24)14-27-16-11-9-15(22)10-12-16/h1,4-5,7-12,18H,6,14H2,2H3,(H,25,26). The average Bonchev–Trinajstić information content (AvgIpc) is 2.66. The van der Waals surface area contributed by atoms with E-state index in [1.165, 1.54) is 0 Å². The van der Waals surface area contributed by atoms with Crippen LogP contribution in [0.1, 0.15) is 24.8 Å². The van der Waals surface area contributed by atoms with Crippen molar-refractivity contribution in [1.29, 1.82) is 5.26 Å². The number of halogens is 2. The first kappa shape index (κ1) is 20.6. The van der Waals surface area contributed by atoms with Crippen molar-refractivity contribution in [3.8, 4) is 24.2 Å². The summed E-state index contributed by atoms with van der Waals surface area (Å²) in [6, 6.07) is 15.8. The normalized spacial score (nSPS) is 13.5. The first-order valence-corrected chi connectivity index (χ1v) is 8.93. The minimum Gasteiger partial charge on any atom is -0.490 e.